The molecule has 0 bridgehead atoms. The van der Waals surface area contributed by atoms with Gasteiger partial charge in [0.25, 0.3) is 0 Å². The molecule has 4 nitrogen and oxygen atoms in total. The molecule has 0 aromatic carbocycles. The summed E-state index contributed by atoms with van der Waals surface area (Å²) in [7, 11) is 0. The fourth-order valence-corrected chi connectivity index (χ4v) is 1.47. The van der Waals surface area contributed by atoms with E-state index in [4.69, 9.17) is 10.5 Å². The van der Waals surface area contributed by atoms with Crippen molar-refractivity contribution in [1.82, 2.24) is 9.38 Å². The Morgan fingerprint density at radius 1 is 1.47 bits per heavy atom. The molecule has 0 amide bonds. The van der Waals surface area contributed by atoms with Crippen LogP contribution < -0.4 is 10.5 Å². The molecule has 2 heterocycles. The van der Waals surface area contributed by atoms with Crippen LogP contribution in [0.15, 0.2) is 24.4 Å². The van der Waals surface area contributed by atoms with Crippen molar-refractivity contribution in [2.45, 2.75) is 26.5 Å². The standard InChI is InChI=1S/C11H15N3O/c1-8(2)15-11-5-3-4-10-13-9(6-12)7-14(10)11/h3-5,7-8H,6,12H2,1-2H3. The molecular formula is C11H15N3O. The zero-order valence-electron chi connectivity index (χ0n) is 8.97. The van der Waals surface area contributed by atoms with Crippen molar-refractivity contribution in [3.8, 4) is 5.88 Å². The number of hydrogen-bond donors (Lipinski definition) is 1. The molecule has 2 N–H and O–H groups in total. The van der Waals surface area contributed by atoms with Gasteiger partial charge in [0.1, 0.15) is 5.65 Å². The van der Waals surface area contributed by atoms with Gasteiger partial charge in [-0.25, -0.2) is 4.98 Å². The highest BCUT2D eigenvalue weighted by Crippen LogP contribution is 2.16. The first-order valence-corrected chi connectivity index (χ1v) is 5.04. The first-order valence-electron chi connectivity index (χ1n) is 5.04. The van der Waals surface area contributed by atoms with E-state index in [1.807, 2.05) is 42.6 Å². The van der Waals surface area contributed by atoms with E-state index in [1.54, 1.807) is 0 Å². The first-order chi connectivity index (χ1) is 7.20. The fraction of sp³-hybridized carbons (Fsp3) is 0.364. The monoisotopic (exact) mass is 205 g/mol. The average Bonchev–Trinajstić information content (AvgIpc) is 2.61. The van der Waals surface area contributed by atoms with Gasteiger partial charge in [0.2, 0.25) is 0 Å². The number of pyridine rings is 1. The quantitative estimate of drug-likeness (QED) is 0.827. The molecular weight excluding hydrogens is 190 g/mol. The summed E-state index contributed by atoms with van der Waals surface area (Å²) in [5.74, 6) is 0.801. The molecule has 0 spiro atoms. The largest absolute Gasteiger partial charge is 0.476 e. The van der Waals surface area contributed by atoms with Crippen molar-refractivity contribution in [1.29, 1.82) is 0 Å². The van der Waals surface area contributed by atoms with Gasteiger partial charge < -0.3 is 10.5 Å². The number of fused-ring (bicyclic) bond motifs is 1. The number of rotatable bonds is 3. The predicted octanol–water partition coefficient (Wildman–Crippen LogP) is 1.58. The third-order valence-electron chi connectivity index (χ3n) is 2.07. The highest BCUT2D eigenvalue weighted by atomic mass is 16.5. The molecule has 2 aromatic rings. The normalized spacial score (nSPS) is 11.2. The van der Waals surface area contributed by atoms with Crippen molar-refractivity contribution in [3.05, 3.63) is 30.1 Å². The maximum atomic E-state index is 5.67. The van der Waals surface area contributed by atoms with E-state index in [9.17, 15) is 0 Å². The Bertz CT molecular complexity index is 462. The Balaban J connectivity index is 2.49. The van der Waals surface area contributed by atoms with E-state index in [0.717, 1.165) is 17.2 Å². The van der Waals surface area contributed by atoms with Crippen molar-refractivity contribution in [3.63, 3.8) is 0 Å². The second kappa shape index (κ2) is 3.90. The van der Waals surface area contributed by atoms with Crippen LogP contribution in [-0.4, -0.2) is 15.5 Å². The topological polar surface area (TPSA) is 52.5 Å². The number of hydrogen-bond acceptors (Lipinski definition) is 3. The van der Waals surface area contributed by atoms with Crippen LogP contribution in [0.2, 0.25) is 0 Å². The van der Waals surface area contributed by atoms with Crippen LogP contribution in [0.4, 0.5) is 0 Å². The van der Waals surface area contributed by atoms with Gasteiger partial charge in [-0.15, -0.1) is 0 Å². The van der Waals surface area contributed by atoms with Gasteiger partial charge in [0, 0.05) is 12.7 Å². The summed E-state index contributed by atoms with van der Waals surface area (Å²) in [5, 5.41) is 0. The summed E-state index contributed by atoms with van der Waals surface area (Å²) in [6.45, 7) is 4.45. The van der Waals surface area contributed by atoms with Gasteiger partial charge in [-0.05, 0) is 26.0 Å². The zero-order valence-corrected chi connectivity index (χ0v) is 8.97. The van der Waals surface area contributed by atoms with Crippen molar-refractivity contribution >= 4 is 5.65 Å². The molecule has 0 unspecified atom stereocenters. The second-order valence-corrected chi connectivity index (χ2v) is 3.70. The molecule has 0 atom stereocenters. The van der Waals surface area contributed by atoms with Crippen molar-refractivity contribution < 1.29 is 4.74 Å². The third kappa shape index (κ3) is 1.94. The third-order valence-corrected chi connectivity index (χ3v) is 2.07. The lowest BCUT2D eigenvalue weighted by atomic mass is 10.4. The minimum atomic E-state index is 0.152. The van der Waals surface area contributed by atoms with Crippen LogP contribution in [0.25, 0.3) is 5.65 Å². The molecule has 0 radical (unpaired) electrons. The van der Waals surface area contributed by atoms with E-state index >= 15 is 0 Å². The molecule has 0 aliphatic carbocycles. The van der Waals surface area contributed by atoms with E-state index in [0.29, 0.717) is 6.54 Å². The SMILES string of the molecule is CC(C)Oc1cccc2nc(CN)cn12. The van der Waals surface area contributed by atoms with Crippen LogP contribution in [0.3, 0.4) is 0 Å². The Morgan fingerprint density at radius 2 is 2.27 bits per heavy atom. The highest BCUT2D eigenvalue weighted by Gasteiger charge is 2.05. The molecule has 4 heteroatoms. The number of ether oxygens (including phenoxy) is 1. The van der Waals surface area contributed by atoms with E-state index in [1.165, 1.54) is 0 Å². The molecule has 2 aromatic heterocycles. The number of aromatic nitrogens is 2. The molecule has 0 saturated carbocycles. The van der Waals surface area contributed by atoms with Gasteiger partial charge in [-0.2, -0.15) is 0 Å². The Labute approximate surface area is 88.7 Å². The van der Waals surface area contributed by atoms with Crippen molar-refractivity contribution in [2.75, 3.05) is 0 Å². The van der Waals surface area contributed by atoms with Crippen LogP contribution in [0.1, 0.15) is 19.5 Å². The Morgan fingerprint density at radius 3 is 2.93 bits per heavy atom. The number of nitrogens with two attached hydrogens (primary N) is 1. The number of nitrogens with zero attached hydrogens (tertiary/aromatic N) is 2. The fourth-order valence-electron chi connectivity index (χ4n) is 1.47. The summed E-state index contributed by atoms with van der Waals surface area (Å²) >= 11 is 0. The van der Waals surface area contributed by atoms with Gasteiger partial charge in [-0.1, -0.05) is 6.07 Å². The van der Waals surface area contributed by atoms with Gasteiger partial charge in [0.15, 0.2) is 5.88 Å². The highest BCUT2D eigenvalue weighted by molar-refractivity contribution is 5.43. The van der Waals surface area contributed by atoms with Crippen LogP contribution in [0, 0.1) is 0 Å². The molecule has 15 heavy (non-hydrogen) atoms. The minimum Gasteiger partial charge on any atom is -0.476 e. The lowest BCUT2D eigenvalue weighted by Gasteiger charge is -2.10. The second-order valence-electron chi connectivity index (χ2n) is 3.70. The predicted molar refractivity (Wildman–Crippen MR) is 58.8 cm³/mol. The van der Waals surface area contributed by atoms with Crippen LogP contribution in [-0.2, 0) is 6.54 Å². The van der Waals surface area contributed by atoms with Gasteiger partial charge >= 0.3 is 0 Å². The Kier molecular flexibility index (Phi) is 2.60. The molecule has 0 aliphatic heterocycles. The molecule has 0 saturated heterocycles. The maximum Gasteiger partial charge on any atom is 0.199 e. The molecule has 2 rings (SSSR count). The minimum absolute atomic E-state index is 0.152. The molecule has 80 valence electrons. The molecule has 0 aliphatic rings. The first kappa shape index (κ1) is 9.98. The molecule has 0 fully saturated rings. The van der Waals surface area contributed by atoms with Crippen LogP contribution in [0.5, 0.6) is 5.88 Å². The number of imidazole rings is 1. The zero-order chi connectivity index (χ0) is 10.8. The summed E-state index contributed by atoms with van der Waals surface area (Å²) in [4.78, 5) is 4.36. The summed E-state index contributed by atoms with van der Waals surface area (Å²) in [5.41, 5.74) is 7.29. The summed E-state index contributed by atoms with van der Waals surface area (Å²) in [6.07, 6.45) is 2.06. The van der Waals surface area contributed by atoms with Crippen LogP contribution >= 0.6 is 0 Å². The lowest BCUT2D eigenvalue weighted by Crippen LogP contribution is -2.08. The van der Waals surface area contributed by atoms with E-state index in [-0.39, 0.29) is 6.10 Å². The summed E-state index contributed by atoms with van der Waals surface area (Å²) < 4.78 is 7.59. The van der Waals surface area contributed by atoms with Crippen molar-refractivity contribution in [2.24, 2.45) is 5.73 Å². The smallest absolute Gasteiger partial charge is 0.199 e. The average molecular weight is 205 g/mol. The summed E-state index contributed by atoms with van der Waals surface area (Å²) in [6, 6.07) is 5.79. The van der Waals surface area contributed by atoms with E-state index < -0.39 is 0 Å². The van der Waals surface area contributed by atoms with Gasteiger partial charge in [0.05, 0.1) is 11.8 Å². The van der Waals surface area contributed by atoms with E-state index in [2.05, 4.69) is 4.98 Å². The van der Waals surface area contributed by atoms with Gasteiger partial charge in [-0.3, -0.25) is 4.40 Å². The maximum absolute atomic E-state index is 5.67. The Hall–Kier alpha value is -1.55. The lowest BCUT2D eigenvalue weighted by molar-refractivity contribution is 0.230.